The highest BCUT2D eigenvalue weighted by molar-refractivity contribution is 5.90. The summed E-state index contributed by atoms with van der Waals surface area (Å²) in [4.78, 5) is 13.8. The fourth-order valence-corrected chi connectivity index (χ4v) is 4.84. The Bertz CT molecular complexity index is 1040. The van der Waals surface area contributed by atoms with E-state index in [0.717, 1.165) is 48.1 Å². The van der Waals surface area contributed by atoms with E-state index in [1.165, 1.54) is 43.4 Å². The van der Waals surface area contributed by atoms with Crippen LogP contribution < -0.4 is 20.4 Å². The number of aromatic nitrogens is 2. The zero-order valence-corrected chi connectivity index (χ0v) is 21.2. The van der Waals surface area contributed by atoms with Crippen LogP contribution in [-0.4, -0.2) is 57.3 Å². The molecule has 0 saturated heterocycles. The van der Waals surface area contributed by atoms with Crippen LogP contribution in [-0.2, 0) is 6.42 Å². The van der Waals surface area contributed by atoms with Crippen molar-refractivity contribution in [2.24, 2.45) is 5.92 Å². The van der Waals surface area contributed by atoms with Gasteiger partial charge < -0.3 is 20.4 Å². The second-order valence-corrected chi connectivity index (χ2v) is 10.0. The normalized spacial score (nSPS) is 18.1. The molecule has 182 valence electrons. The molecule has 2 N–H and O–H groups in total. The van der Waals surface area contributed by atoms with E-state index in [4.69, 9.17) is 9.97 Å². The molecule has 1 fully saturated rings. The number of aryl methyl sites for hydroxylation is 1. The molecule has 0 amide bonds. The van der Waals surface area contributed by atoms with Gasteiger partial charge in [0.25, 0.3) is 0 Å². The Kier molecular flexibility index (Phi) is 8.22. The van der Waals surface area contributed by atoms with Gasteiger partial charge in [-0.25, -0.2) is 4.98 Å². The number of nitrogens with one attached hydrogen (secondary N) is 2. The Balaban J connectivity index is 1.18. The zero-order valence-electron chi connectivity index (χ0n) is 21.2. The van der Waals surface area contributed by atoms with E-state index in [9.17, 15) is 0 Å². The molecular formula is C28H40N6. The van der Waals surface area contributed by atoms with Gasteiger partial charge in [-0.05, 0) is 87.4 Å². The molecule has 0 bridgehead atoms. The largest absolute Gasteiger partial charge is 0.378 e. The molecule has 1 aliphatic carbocycles. The minimum Gasteiger partial charge on any atom is -0.378 e. The topological polar surface area (TPSA) is 56.3 Å². The Labute approximate surface area is 204 Å². The van der Waals surface area contributed by atoms with Crippen molar-refractivity contribution in [3.63, 3.8) is 0 Å². The molecule has 1 aromatic heterocycles. The maximum Gasteiger partial charge on any atom is 0.225 e. The van der Waals surface area contributed by atoms with Crippen LogP contribution in [0.25, 0.3) is 10.9 Å². The molecule has 2 aromatic carbocycles. The van der Waals surface area contributed by atoms with E-state index in [2.05, 4.69) is 70.9 Å². The fourth-order valence-electron chi connectivity index (χ4n) is 4.84. The predicted octanol–water partition coefficient (Wildman–Crippen LogP) is 4.95. The highest BCUT2D eigenvalue weighted by Gasteiger charge is 2.22. The second kappa shape index (κ2) is 11.5. The monoisotopic (exact) mass is 460 g/mol. The Hall–Kier alpha value is -2.86. The number of hydrogen-bond acceptors (Lipinski definition) is 6. The summed E-state index contributed by atoms with van der Waals surface area (Å²) in [5.41, 5.74) is 3.68. The van der Waals surface area contributed by atoms with Gasteiger partial charge in [0.1, 0.15) is 5.82 Å². The first-order chi connectivity index (χ1) is 16.5. The molecule has 0 atom stereocenters. The Morgan fingerprint density at radius 2 is 1.59 bits per heavy atom. The lowest BCUT2D eigenvalue weighted by atomic mass is 9.86. The number of para-hydroxylation sites is 1. The Morgan fingerprint density at radius 1 is 0.853 bits per heavy atom. The van der Waals surface area contributed by atoms with Crippen molar-refractivity contribution in [2.45, 2.75) is 44.6 Å². The summed E-state index contributed by atoms with van der Waals surface area (Å²) in [7, 11) is 8.25. The summed E-state index contributed by atoms with van der Waals surface area (Å²) in [5.74, 6) is 2.49. The van der Waals surface area contributed by atoms with Crippen molar-refractivity contribution < 1.29 is 0 Å². The molecule has 0 spiro atoms. The van der Waals surface area contributed by atoms with Crippen LogP contribution in [0.3, 0.4) is 0 Å². The third-order valence-electron chi connectivity index (χ3n) is 6.89. The summed E-state index contributed by atoms with van der Waals surface area (Å²) in [6.45, 7) is 2.22. The summed E-state index contributed by atoms with van der Waals surface area (Å²) in [6.07, 6.45) is 7.19. The van der Waals surface area contributed by atoms with Crippen molar-refractivity contribution in [2.75, 3.05) is 56.4 Å². The minimum atomic E-state index is 0.456. The Morgan fingerprint density at radius 3 is 2.29 bits per heavy atom. The van der Waals surface area contributed by atoms with Gasteiger partial charge in [0.2, 0.25) is 5.95 Å². The minimum absolute atomic E-state index is 0.456. The molecule has 1 aliphatic rings. The lowest BCUT2D eigenvalue weighted by Crippen LogP contribution is -2.32. The van der Waals surface area contributed by atoms with Crippen molar-refractivity contribution in [3.8, 4) is 0 Å². The predicted molar refractivity (Wildman–Crippen MR) is 145 cm³/mol. The molecule has 3 aromatic rings. The van der Waals surface area contributed by atoms with Gasteiger partial charge in [-0.2, -0.15) is 4.98 Å². The smallest absolute Gasteiger partial charge is 0.225 e. The van der Waals surface area contributed by atoms with Crippen LogP contribution >= 0.6 is 0 Å². The van der Waals surface area contributed by atoms with Gasteiger partial charge in [0.15, 0.2) is 0 Å². The van der Waals surface area contributed by atoms with E-state index in [1.54, 1.807) is 0 Å². The van der Waals surface area contributed by atoms with Crippen molar-refractivity contribution in [3.05, 3.63) is 54.1 Å². The van der Waals surface area contributed by atoms with Gasteiger partial charge in [0.05, 0.1) is 5.52 Å². The van der Waals surface area contributed by atoms with Crippen molar-refractivity contribution in [1.29, 1.82) is 0 Å². The molecular weight excluding hydrogens is 420 g/mol. The van der Waals surface area contributed by atoms with E-state index in [1.807, 2.05) is 26.2 Å². The van der Waals surface area contributed by atoms with Crippen LogP contribution in [0.5, 0.6) is 0 Å². The molecule has 6 nitrogen and oxygen atoms in total. The number of fused-ring (bicyclic) bond motifs is 1. The van der Waals surface area contributed by atoms with Crippen molar-refractivity contribution >= 4 is 28.4 Å². The molecule has 0 unspecified atom stereocenters. The van der Waals surface area contributed by atoms with Crippen LogP contribution in [0.1, 0.15) is 37.7 Å². The quantitative estimate of drug-likeness (QED) is 0.417. The highest BCUT2D eigenvalue weighted by atomic mass is 15.2. The highest BCUT2D eigenvalue weighted by Crippen LogP contribution is 2.28. The van der Waals surface area contributed by atoms with Gasteiger partial charge in [-0.3, -0.25) is 0 Å². The van der Waals surface area contributed by atoms with Crippen LogP contribution in [0.2, 0.25) is 0 Å². The molecule has 4 rings (SSSR count). The maximum atomic E-state index is 4.81. The lowest BCUT2D eigenvalue weighted by molar-refractivity contribution is 0.324. The van der Waals surface area contributed by atoms with Gasteiger partial charge >= 0.3 is 0 Å². The first kappa shape index (κ1) is 24.3. The van der Waals surface area contributed by atoms with Gasteiger partial charge in [-0.15, -0.1) is 0 Å². The van der Waals surface area contributed by atoms with Gasteiger partial charge in [0, 0.05) is 45.3 Å². The fraction of sp³-hybridized carbons (Fsp3) is 0.500. The average molecular weight is 461 g/mol. The summed E-state index contributed by atoms with van der Waals surface area (Å²) in [6, 6.07) is 17.6. The number of rotatable bonds is 10. The SMILES string of the molecule is CN(C)c1ccc(CCCNCC2CCC(Nc3nc(N(C)C)c4ccccc4n3)CC2)cc1. The van der Waals surface area contributed by atoms with Crippen LogP contribution in [0.15, 0.2) is 48.5 Å². The molecule has 1 heterocycles. The summed E-state index contributed by atoms with van der Waals surface area (Å²) >= 11 is 0. The zero-order chi connectivity index (χ0) is 23.9. The number of nitrogens with zero attached hydrogens (tertiary/aromatic N) is 4. The maximum absolute atomic E-state index is 4.81. The molecule has 1 saturated carbocycles. The number of anilines is 3. The second-order valence-electron chi connectivity index (χ2n) is 10.0. The summed E-state index contributed by atoms with van der Waals surface area (Å²) in [5, 5.41) is 8.42. The molecule has 0 aliphatic heterocycles. The van der Waals surface area contributed by atoms with Crippen LogP contribution in [0.4, 0.5) is 17.5 Å². The van der Waals surface area contributed by atoms with E-state index in [-0.39, 0.29) is 0 Å². The van der Waals surface area contributed by atoms with E-state index < -0.39 is 0 Å². The van der Waals surface area contributed by atoms with E-state index in [0.29, 0.717) is 6.04 Å². The third kappa shape index (κ3) is 6.38. The van der Waals surface area contributed by atoms with E-state index >= 15 is 0 Å². The molecule has 6 heteroatoms. The number of benzene rings is 2. The first-order valence-electron chi connectivity index (χ1n) is 12.7. The molecule has 34 heavy (non-hydrogen) atoms. The number of hydrogen-bond donors (Lipinski definition) is 2. The van der Waals surface area contributed by atoms with Gasteiger partial charge in [-0.1, -0.05) is 24.3 Å². The average Bonchev–Trinajstić information content (AvgIpc) is 2.84. The standard InChI is InChI=1S/C28H40N6/c1-33(2)24-17-13-21(14-18-24)8-7-19-29-20-22-11-15-23(16-12-22)30-28-31-26-10-6-5-9-25(26)27(32-28)34(3)4/h5-6,9-10,13-14,17-18,22-23,29H,7-8,11-12,15-16,19-20H2,1-4H3,(H,30,31,32). The molecule has 0 radical (unpaired) electrons. The van der Waals surface area contributed by atoms with Crippen LogP contribution in [0, 0.1) is 5.92 Å². The third-order valence-corrected chi connectivity index (χ3v) is 6.89. The lowest BCUT2D eigenvalue weighted by Gasteiger charge is -2.29. The summed E-state index contributed by atoms with van der Waals surface area (Å²) < 4.78 is 0. The van der Waals surface area contributed by atoms with Crippen molar-refractivity contribution in [1.82, 2.24) is 15.3 Å². The first-order valence-corrected chi connectivity index (χ1v) is 12.7.